The topological polar surface area (TPSA) is 112 Å². The quantitative estimate of drug-likeness (QED) is 0.236. The van der Waals surface area contributed by atoms with Crippen LogP contribution >= 0.6 is 11.6 Å². The van der Waals surface area contributed by atoms with Gasteiger partial charge < -0.3 is 19.4 Å². The third-order valence-corrected chi connectivity index (χ3v) is 9.02. The number of hydrogen-bond donors (Lipinski definition) is 1. The van der Waals surface area contributed by atoms with Gasteiger partial charge in [0.1, 0.15) is 11.3 Å². The molecule has 0 saturated carbocycles. The van der Waals surface area contributed by atoms with E-state index in [2.05, 4.69) is 51.0 Å². The number of piperidine rings is 1. The number of amides is 2. The first-order valence-corrected chi connectivity index (χ1v) is 17.0. The summed E-state index contributed by atoms with van der Waals surface area (Å²) in [5.74, 6) is -0.591. The maximum atomic E-state index is 13.3. The van der Waals surface area contributed by atoms with Crippen LogP contribution in [-0.2, 0) is 24.7 Å². The summed E-state index contributed by atoms with van der Waals surface area (Å²) in [7, 11) is 0. The van der Waals surface area contributed by atoms with Gasteiger partial charge in [0.05, 0.1) is 5.02 Å². The number of hydrogen-bond acceptors (Lipinski definition) is 8. The molecule has 0 atom stereocenters. The summed E-state index contributed by atoms with van der Waals surface area (Å²) in [6.07, 6.45) is -3.40. The van der Waals surface area contributed by atoms with Crippen LogP contribution in [0.5, 0.6) is 5.75 Å². The van der Waals surface area contributed by atoms with Gasteiger partial charge in [-0.05, 0) is 67.3 Å². The number of halogens is 4. The lowest BCUT2D eigenvalue weighted by Crippen LogP contribution is -2.48. The molecule has 50 heavy (non-hydrogen) atoms. The summed E-state index contributed by atoms with van der Waals surface area (Å²) >= 11 is 5.24. The lowest BCUT2D eigenvalue weighted by atomic mass is 10.0. The molecular weight excluding hydrogens is 697 g/mol. The molecule has 266 valence electrons. The van der Waals surface area contributed by atoms with Crippen LogP contribution in [0.15, 0.2) is 71.1 Å². The minimum Gasteiger partial charge on any atom is -0.451 e. The first kappa shape index (κ1) is 37.0. The Balaban J connectivity index is 0.00000156. The number of nitrogens with zero attached hydrogens (tertiary/aromatic N) is 3. The SMILES string of the molecule is Cc1ccc(CN2CCN(C(=O)c3ccc4oc(C(=O)NC5CCN(Cc6ccc(OC(F)(F)F)c(Cl)c6)CC5)cc4c3)CC2)cc1.O=S=O. The number of alkyl halides is 3. The minimum absolute atomic E-state index is 0.0336. The van der Waals surface area contributed by atoms with E-state index in [-0.39, 0.29) is 28.6 Å². The number of benzene rings is 3. The van der Waals surface area contributed by atoms with Gasteiger partial charge in [-0.25, -0.2) is 0 Å². The molecule has 4 aromatic rings. The van der Waals surface area contributed by atoms with E-state index in [0.717, 1.165) is 25.2 Å². The average Bonchev–Trinajstić information content (AvgIpc) is 3.52. The van der Waals surface area contributed by atoms with Crippen LogP contribution in [0.2, 0.25) is 5.02 Å². The molecule has 10 nitrogen and oxygen atoms in total. The summed E-state index contributed by atoms with van der Waals surface area (Å²) in [6.45, 7) is 7.75. The third-order valence-electron chi connectivity index (χ3n) is 8.72. The molecule has 0 aliphatic carbocycles. The summed E-state index contributed by atoms with van der Waals surface area (Å²) in [6, 6.07) is 19.7. The number of likely N-dealkylation sites (tertiary alicyclic amines) is 1. The fraction of sp³-hybridized carbons (Fsp3) is 0.371. The lowest BCUT2D eigenvalue weighted by molar-refractivity contribution is -0.274. The van der Waals surface area contributed by atoms with E-state index in [1.165, 1.54) is 23.3 Å². The molecule has 3 aromatic carbocycles. The molecule has 0 radical (unpaired) electrons. The zero-order valence-corrected chi connectivity index (χ0v) is 28.8. The van der Waals surface area contributed by atoms with Crippen LogP contribution < -0.4 is 10.1 Å². The second-order valence-corrected chi connectivity index (χ2v) is 12.9. The monoisotopic (exact) mass is 732 g/mol. The average molecular weight is 733 g/mol. The Bertz CT molecular complexity index is 1830. The maximum absolute atomic E-state index is 13.3. The molecule has 0 unspecified atom stereocenters. The van der Waals surface area contributed by atoms with Gasteiger partial charge in [0.2, 0.25) is 0 Å². The molecule has 0 bridgehead atoms. The number of nitrogens with one attached hydrogen (secondary N) is 1. The fourth-order valence-corrected chi connectivity index (χ4v) is 6.37. The summed E-state index contributed by atoms with van der Waals surface area (Å²) in [5.41, 5.74) is 4.38. The highest BCUT2D eigenvalue weighted by Crippen LogP contribution is 2.31. The predicted molar refractivity (Wildman–Crippen MR) is 181 cm³/mol. The van der Waals surface area contributed by atoms with Crippen molar-refractivity contribution in [1.29, 1.82) is 0 Å². The molecule has 1 aromatic heterocycles. The molecule has 2 aliphatic heterocycles. The number of carbonyl (C=O) groups is 2. The second kappa shape index (κ2) is 16.6. The Morgan fingerprint density at radius 3 is 2.14 bits per heavy atom. The summed E-state index contributed by atoms with van der Waals surface area (Å²) in [5, 5.41) is 3.64. The van der Waals surface area contributed by atoms with Crippen LogP contribution in [0.3, 0.4) is 0 Å². The van der Waals surface area contributed by atoms with Crippen LogP contribution in [-0.4, -0.2) is 86.6 Å². The normalized spacial score (nSPS) is 16.1. The van der Waals surface area contributed by atoms with Crippen molar-refractivity contribution in [3.63, 3.8) is 0 Å². The van der Waals surface area contributed by atoms with Crippen molar-refractivity contribution in [1.82, 2.24) is 20.0 Å². The Morgan fingerprint density at radius 1 is 0.880 bits per heavy atom. The zero-order chi connectivity index (χ0) is 35.8. The fourth-order valence-electron chi connectivity index (χ4n) is 6.13. The number of aryl methyl sites for hydroxylation is 1. The Labute approximate surface area is 295 Å². The number of carbonyl (C=O) groups excluding carboxylic acids is 2. The van der Waals surface area contributed by atoms with Crippen molar-refractivity contribution in [2.45, 2.75) is 45.3 Å². The molecule has 3 heterocycles. The Hall–Kier alpha value is -4.24. The van der Waals surface area contributed by atoms with Gasteiger partial charge in [-0.1, -0.05) is 47.5 Å². The molecule has 0 spiro atoms. The van der Waals surface area contributed by atoms with E-state index in [0.29, 0.717) is 62.1 Å². The number of rotatable bonds is 8. The van der Waals surface area contributed by atoms with Crippen LogP contribution in [0, 0.1) is 6.92 Å². The standard InChI is InChI=1S/C35H36ClF3N4O4.O2S/c1-23-2-4-24(5-3-23)21-42-14-16-43(17-15-42)34(45)26-7-9-30-27(19-26)20-32(46-30)33(44)40-28-10-12-41(13-11-28)22-25-6-8-31(29(36)18-25)47-35(37,38)39;1-3-2/h2-9,18-20,28H,10-17,21-22H2,1H3,(H,40,44);. The maximum Gasteiger partial charge on any atom is 0.573 e. The zero-order valence-electron chi connectivity index (χ0n) is 27.2. The van der Waals surface area contributed by atoms with E-state index in [4.69, 9.17) is 24.4 Å². The van der Waals surface area contributed by atoms with Gasteiger partial charge in [0, 0.05) is 69.3 Å². The largest absolute Gasteiger partial charge is 0.573 e. The summed E-state index contributed by atoms with van der Waals surface area (Å²) in [4.78, 5) is 32.8. The van der Waals surface area contributed by atoms with E-state index in [1.54, 1.807) is 30.3 Å². The van der Waals surface area contributed by atoms with E-state index in [1.807, 2.05) is 4.90 Å². The first-order valence-electron chi connectivity index (χ1n) is 16.0. The Kier molecular flexibility index (Phi) is 12.3. The van der Waals surface area contributed by atoms with Crippen molar-refractivity contribution >= 4 is 46.0 Å². The van der Waals surface area contributed by atoms with Crippen LogP contribution in [0.4, 0.5) is 13.2 Å². The number of fused-ring (bicyclic) bond motifs is 1. The first-order chi connectivity index (χ1) is 23.9. The van der Waals surface area contributed by atoms with E-state index >= 15 is 0 Å². The highest BCUT2D eigenvalue weighted by atomic mass is 35.5. The van der Waals surface area contributed by atoms with Crippen LogP contribution in [0.1, 0.15) is 50.4 Å². The number of ether oxygens (including phenoxy) is 1. The highest BCUT2D eigenvalue weighted by Gasteiger charge is 2.32. The van der Waals surface area contributed by atoms with Crippen molar-refractivity contribution < 1.29 is 40.3 Å². The van der Waals surface area contributed by atoms with Crippen LogP contribution in [0.25, 0.3) is 11.0 Å². The third kappa shape index (κ3) is 10.2. The van der Waals surface area contributed by atoms with E-state index < -0.39 is 23.7 Å². The minimum atomic E-state index is -4.80. The highest BCUT2D eigenvalue weighted by molar-refractivity contribution is 7.51. The summed E-state index contributed by atoms with van der Waals surface area (Å²) < 4.78 is 63.9. The molecule has 15 heteroatoms. The van der Waals surface area contributed by atoms with Crippen molar-refractivity contribution in [2.24, 2.45) is 0 Å². The van der Waals surface area contributed by atoms with Gasteiger partial charge in [-0.3, -0.25) is 19.4 Å². The molecule has 2 amide bonds. The van der Waals surface area contributed by atoms with Gasteiger partial charge in [-0.15, -0.1) is 13.2 Å². The lowest BCUT2D eigenvalue weighted by Gasteiger charge is -2.34. The van der Waals surface area contributed by atoms with Gasteiger partial charge in [-0.2, -0.15) is 8.42 Å². The molecule has 6 rings (SSSR count). The van der Waals surface area contributed by atoms with Crippen molar-refractivity contribution in [3.05, 3.63) is 99.8 Å². The second-order valence-electron chi connectivity index (χ2n) is 12.3. The van der Waals surface area contributed by atoms with Crippen molar-refractivity contribution in [2.75, 3.05) is 39.3 Å². The smallest absolute Gasteiger partial charge is 0.451 e. The molecule has 1 N–H and O–H groups in total. The number of piperazine rings is 1. The molecular formula is C35H36ClF3N4O6S. The van der Waals surface area contributed by atoms with Gasteiger partial charge in [0.15, 0.2) is 5.76 Å². The van der Waals surface area contributed by atoms with Gasteiger partial charge >= 0.3 is 17.9 Å². The van der Waals surface area contributed by atoms with Gasteiger partial charge in [0.25, 0.3) is 11.8 Å². The predicted octanol–water partition coefficient (Wildman–Crippen LogP) is 5.98. The van der Waals surface area contributed by atoms with E-state index in [9.17, 15) is 22.8 Å². The molecule has 2 fully saturated rings. The molecule has 2 saturated heterocycles. The number of furan rings is 1. The Morgan fingerprint density at radius 2 is 1.50 bits per heavy atom. The molecule has 2 aliphatic rings. The van der Waals surface area contributed by atoms with Crippen molar-refractivity contribution in [3.8, 4) is 5.75 Å².